The summed E-state index contributed by atoms with van der Waals surface area (Å²) in [5.74, 6) is 0. The third-order valence-electron chi connectivity index (χ3n) is 3.31. The summed E-state index contributed by atoms with van der Waals surface area (Å²) < 4.78 is 19.1. The van der Waals surface area contributed by atoms with Gasteiger partial charge < -0.3 is 14.2 Å². The second-order valence-electron chi connectivity index (χ2n) is 5.23. The Kier molecular flexibility index (Phi) is 19.8. The predicted molar refractivity (Wildman–Crippen MR) is 116 cm³/mol. The van der Waals surface area contributed by atoms with Gasteiger partial charge in [0.25, 0.3) is 0 Å². The molecule has 0 heterocycles. The van der Waals surface area contributed by atoms with Gasteiger partial charge in [0.15, 0.2) is 12.6 Å². The molecule has 0 aromatic heterocycles. The molecule has 23 heavy (non-hydrogen) atoms. The zero-order chi connectivity index (χ0) is 17.2. The lowest BCUT2D eigenvalue weighted by molar-refractivity contribution is -0.232. The summed E-state index contributed by atoms with van der Waals surface area (Å²) in [5.41, 5.74) is 0. The molecule has 5 heteroatoms. The van der Waals surface area contributed by atoms with Crippen LogP contribution in [0.2, 0.25) is 0 Å². The van der Waals surface area contributed by atoms with Gasteiger partial charge in [-0.2, -0.15) is 0 Å². The van der Waals surface area contributed by atoms with Crippen molar-refractivity contribution in [2.75, 3.05) is 23.1 Å². The average Bonchev–Trinajstić information content (AvgIpc) is 2.58. The molecule has 0 aliphatic rings. The summed E-state index contributed by atoms with van der Waals surface area (Å²) >= 11 is 4.82. The van der Waals surface area contributed by atoms with Crippen LogP contribution >= 0.6 is 45.2 Å². The highest BCUT2D eigenvalue weighted by Crippen LogP contribution is 2.13. The fraction of sp³-hybridized carbons (Fsp3) is 0.778. The van der Waals surface area contributed by atoms with E-state index in [9.17, 15) is 0 Å². The fourth-order valence-electron chi connectivity index (χ4n) is 1.98. The van der Waals surface area contributed by atoms with Gasteiger partial charge in [-0.3, -0.25) is 0 Å². The molecular weight excluding hydrogens is 518 g/mol. The topological polar surface area (TPSA) is 27.7 Å². The Bertz CT molecular complexity index is 268. The first-order chi connectivity index (χ1) is 11.3. The van der Waals surface area contributed by atoms with Gasteiger partial charge in [0.05, 0.1) is 0 Å². The maximum atomic E-state index is 5.89. The first-order valence-electron chi connectivity index (χ1n) is 8.41. The number of unbranched alkanes of at least 4 members (excludes halogenated alkanes) is 2. The Balaban J connectivity index is 3.91. The van der Waals surface area contributed by atoms with Crippen LogP contribution in [0.3, 0.4) is 0 Å². The fourth-order valence-corrected chi connectivity index (χ4v) is 2.86. The number of hydrogen-bond donors (Lipinski definition) is 0. The molecule has 2 unspecified atom stereocenters. The normalized spacial score (nSPS) is 14.8. The van der Waals surface area contributed by atoms with E-state index in [-0.39, 0.29) is 12.6 Å². The van der Waals surface area contributed by atoms with Crippen LogP contribution in [0, 0.1) is 0 Å². The summed E-state index contributed by atoms with van der Waals surface area (Å²) in [6.07, 6.45) is 17.0. The monoisotopic (exact) mass is 550 g/mol. The molecule has 0 spiro atoms. The van der Waals surface area contributed by atoms with E-state index in [1.165, 1.54) is 21.7 Å². The van der Waals surface area contributed by atoms with Crippen LogP contribution in [-0.2, 0) is 14.2 Å². The van der Waals surface area contributed by atoms with Crippen molar-refractivity contribution < 1.29 is 14.2 Å². The maximum absolute atomic E-state index is 5.89. The van der Waals surface area contributed by atoms with E-state index in [1.807, 2.05) is 0 Å². The molecule has 0 saturated carbocycles. The molecule has 0 aromatic rings. The molecule has 0 aliphatic heterocycles. The summed E-state index contributed by atoms with van der Waals surface area (Å²) in [5, 5.41) is 0. The average molecular weight is 550 g/mol. The smallest absolute Gasteiger partial charge is 0.160 e. The number of allylic oxidation sites excluding steroid dienone is 4. The molecule has 0 bridgehead atoms. The standard InChI is InChI=1S/C18H32I2O3/c1-21-17(13-9-5-3-7-11-15-19)23-18(22-2)14-10-6-4-8-12-16-20/h3-6,17-18H,7-16H2,1-2H3. The lowest BCUT2D eigenvalue weighted by Crippen LogP contribution is -2.25. The van der Waals surface area contributed by atoms with Gasteiger partial charge in [-0.1, -0.05) is 69.5 Å². The van der Waals surface area contributed by atoms with Crippen LogP contribution in [0.1, 0.15) is 51.4 Å². The van der Waals surface area contributed by atoms with Gasteiger partial charge in [-0.25, -0.2) is 0 Å². The van der Waals surface area contributed by atoms with Gasteiger partial charge in [-0.05, 0) is 47.4 Å². The highest BCUT2D eigenvalue weighted by atomic mass is 127. The number of rotatable bonds is 16. The highest BCUT2D eigenvalue weighted by molar-refractivity contribution is 14.1. The first-order valence-corrected chi connectivity index (χ1v) is 11.5. The summed E-state index contributed by atoms with van der Waals surface area (Å²) in [4.78, 5) is 0. The van der Waals surface area contributed by atoms with E-state index in [4.69, 9.17) is 14.2 Å². The number of ether oxygens (including phenoxy) is 3. The quantitative estimate of drug-likeness (QED) is 0.0771. The van der Waals surface area contributed by atoms with Crippen LogP contribution in [0.15, 0.2) is 24.3 Å². The van der Waals surface area contributed by atoms with Gasteiger partial charge in [0.1, 0.15) is 0 Å². The van der Waals surface area contributed by atoms with E-state index < -0.39 is 0 Å². The largest absolute Gasteiger partial charge is 0.356 e. The van der Waals surface area contributed by atoms with E-state index in [1.54, 1.807) is 14.2 Å². The molecule has 0 rings (SSSR count). The predicted octanol–water partition coefficient (Wildman–Crippen LogP) is 6.05. The van der Waals surface area contributed by atoms with Crippen LogP contribution in [0.5, 0.6) is 0 Å². The minimum absolute atomic E-state index is 0.197. The molecule has 0 fully saturated rings. The molecule has 0 saturated heterocycles. The minimum Gasteiger partial charge on any atom is -0.356 e. The first kappa shape index (κ1) is 23.8. The molecule has 0 amide bonds. The molecule has 136 valence electrons. The van der Waals surface area contributed by atoms with Gasteiger partial charge in [-0.15, -0.1) is 0 Å². The molecule has 0 aromatic carbocycles. The van der Waals surface area contributed by atoms with Crippen molar-refractivity contribution in [3.63, 3.8) is 0 Å². The zero-order valence-electron chi connectivity index (χ0n) is 14.5. The Morgan fingerprint density at radius 1 is 0.696 bits per heavy atom. The maximum Gasteiger partial charge on any atom is 0.160 e. The van der Waals surface area contributed by atoms with Gasteiger partial charge >= 0.3 is 0 Å². The third-order valence-corrected chi connectivity index (χ3v) is 4.84. The summed E-state index contributed by atoms with van der Waals surface area (Å²) in [6.45, 7) is 0. The van der Waals surface area contributed by atoms with Crippen molar-refractivity contribution in [3.8, 4) is 0 Å². The number of hydrogen-bond acceptors (Lipinski definition) is 3. The number of methoxy groups -OCH3 is 2. The Labute approximate surface area is 169 Å². The van der Waals surface area contributed by atoms with Crippen molar-refractivity contribution in [2.24, 2.45) is 0 Å². The lowest BCUT2D eigenvalue weighted by Gasteiger charge is -2.22. The van der Waals surface area contributed by atoms with Gasteiger partial charge in [0.2, 0.25) is 0 Å². The van der Waals surface area contributed by atoms with Crippen LogP contribution < -0.4 is 0 Å². The molecule has 0 radical (unpaired) electrons. The second-order valence-corrected chi connectivity index (χ2v) is 7.38. The number of alkyl halides is 2. The van der Waals surface area contributed by atoms with Crippen molar-refractivity contribution >= 4 is 45.2 Å². The molecule has 3 nitrogen and oxygen atoms in total. The Morgan fingerprint density at radius 2 is 1.09 bits per heavy atom. The van der Waals surface area contributed by atoms with Crippen molar-refractivity contribution in [3.05, 3.63) is 24.3 Å². The summed E-state index contributed by atoms with van der Waals surface area (Å²) in [7, 11) is 3.39. The SMILES string of the molecule is COC(CCC=CCCCI)OC(CCC=CCCCI)OC. The Morgan fingerprint density at radius 3 is 1.43 bits per heavy atom. The summed E-state index contributed by atoms with van der Waals surface area (Å²) in [6, 6.07) is 0. The zero-order valence-corrected chi connectivity index (χ0v) is 18.8. The molecule has 0 N–H and O–H groups in total. The number of halogens is 2. The Hall–Kier alpha value is 0.820. The van der Waals surface area contributed by atoms with E-state index in [0.717, 1.165) is 38.5 Å². The van der Waals surface area contributed by atoms with Gasteiger partial charge in [0, 0.05) is 27.1 Å². The van der Waals surface area contributed by atoms with Crippen molar-refractivity contribution in [1.29, 1.82) is 0 Å². The van der Waals surface area contributed by atoms with Crippen molar-refractivity contribution in [2.45, 2.75) is 63.9 Å². The van der Waals surface area contributed by atoms with E-state index >= 15 is 0 Å². The van der Waals surface area contributed by atoms with Crippen molar-refractivity contribution in [1.82, 2.24) is 0 Å². The molecular formula is C18H32I2O3. The van der Waals surface area contributed by atoms with E-state index in [0.29, 0.717) is 0 Å². The highest BCUT2D eigenvalue weighted by Gasteiger charge is 2.14. The van der Waals surface area contributed by atoms with Crippen LogP contribution in [-0.4, -0.2) is 35.7 Å². The minimum atomic E-state index is -0.197. The van der Waals surface area contributed by atoms with Crippen LogP contribution in [0.25, 0.3) is 0 Å². The lowest BCUT2D eigenvalue weighted by atomic mass is 10.2. The van der Waals surface area contributed by atoms with E-state index in [2.05, 4.69) is 69.5 Å². The molecule has 2 atom stereocenters. The molecule has 0 aliphatic carbocycles. The third kappa shape index (κ3) is 16.1. The van der Waals surface area contributed by atoms with Crippen LogP contribution in [0.4, 0.5) is 0 Å². The second kappa shape index (κ2) is 19.1.